The molecule has 5 heteroatoms. The fourth-order valence-corrected chi connectivity index (χ4v) is 1.62. The van der Waals surface area contributed by atoms with Crippen LogP contribution in [0.25, 0.3) is 0 Å². The maximum absolute atomic E-state index is 11.9. The Labute approximate surface area is 99.8 Å². The average molecular weight is 240 g/mol. The molecule has 4 nitrogen and oxygen atoms in total. The van der Waals surface area contributed by atoms with Crippen molar-refractivity contribution in [2.45, 2.75) is 32.4 Å². The summed E-state index contributed by atoms with van der Waals surface area (Å²) in [5, 5.41) is 4.35. The molecule has 0 saturated heterocycles. The molecule has 0 aliphatic carbocycles. The lowest BCUT2D eigenvalue weighted by Gasteiger charge is -2.09. The molecular weight excluding hydrogens is 226 g/mol. The van der Waals surface area contributed by atoms with Gasteiger partial charge in [0.25, 0.3) is 0 Å². The summed E-state index contributed by atoms with van der Waals surface area (Å²) in [6.07, 6.45) is 7.63. The zero-order valence-electron chi connectivity index (χ0n) is 9.11. The van der Waals surface area contributed by atoms with E-state index in [1.54, 1.807) is 4.68 Å². The highest BCUT2D eigenvalue weighted by Crippen LogP contribution is 2.17. The molecule has 0 aliphatic rings. The molecule has 0 fully saturated rings. The summed E-state index contributed by atoms with van der Waals surface area (Å²) in [6, 6.07) is -0.713. The number of rotatable bonds is 5. The van der Waals surface area contributed by atoms with Gasteiger partial charge in [-0.15, -0.1) is 12.3 Å². The number of nitrogens with zero attached hydrogens (tertiary/aromatic N) is 2. The Bertz CT molecular complexity index is 419. The third-order valence-corrected chi connectivity index (χ3v) is 2.41. The Morgan fingerprint density at radius 3 is 3.06 bits per heavy atom. The zero-order valence-corrected chi connectivity index (χ0v) is 9.87. The van der Waals surface area contributed by atoms with Crippen LogP contribution in [0.3, 0.4) is 0 Å². The van der Waals surface area contributed by atoms with Crippen LogP contribution in [0.15, 0.2) is 6.20 Å². The lowest BCUT2D eigenvalue weighted by molar-refractivity contribution is 0.0952. The molecule has 2 N–H and O–H groups in total. The van der Waals surface area contributed by atoms with E-state index in [1.807, 2.05) is 6.92 Å². The Morgan fingerprint density at radius 1 is 1.81 bits per heavy atom. The first kappa shape index (κ1) is 12.8. The smallest absolute Gasteiger partial charge is 0.199 e. The molecule has 0 aliphatic heterocycles. The molecular formula is C11H14ClN3O. The van der Waals surface area contributed by atoms with Crippen molar-refractivity contribution in [2.24, 2.45) is 5.73 Å². The topological polar surface area (TPSA) is 60.9 Å². The number of Topliss-reactive ketones (excluding diaryl/α,β-unsaturated/α-hetero) is 1. The van der Waals surface area contributed by atoms with Crippen molar-refractivity contribution in [2.75, 3.05) is 0 Å². The minimum absolute atomic E-state index is 0.201. The molecule has 1 aromatic rings. The Morgan fingerprint density at radius 2 is 2.50 bits per heavy atom. The summed E-state index contributed by atoms with van der Waals surface area (Å²) in [4.78, 5) is 11.9. The minimum Gasteiger partial charge on any atom is -0.320 e. The van der Waals surface area contributed by atoms with Crippen molar-refractivity contribution >= 4 is 17.4 Å². The Hall–Kier alpha value is -1.31. The molecule has 0 bridgehead atoms. The van der Waals surface area contributed by atoms with Crippen LogP contribution in [0.2, 0.25) is 5.02 Å². The maximum atomic E-state index is 11.9. The highest BCUT2D eigenvalue weighted by atomic mass is 35.5. The standard InChI is InChI=1S/C11H14ClN3O/c1-3-5-9(13)11(16)10-8(12)7-14-15(10)6-4-2/h1,7,9H,4-6,13H2,2H3. The predicted octanol–water partition coefficient (Wildman–Crippen LogP) is 1.48. The van der Waals surface area contributed by atoms with Gasteiger partial charge in [0, 0.05) is 13.0 Å². The molecule has 86 valence electrons. The van der Waals surface area contributed by atoms with Gasteiger partial charge >= 0.3 is 0 Å². The second kappa shape index (κ2) is 5.69. The molecule has 0 amide bonds. The van der Waals surface area contributed by atoms with Crippen molar-refractivity contribution in [3.05, 3.63) is 16.9 Å². The van der Waals surface area contributed by atoms with Crippen molar-refractivity contribution in [1.82, 2.24) is 9.78 Å². The first-order valence-electron chi connectivity index (χ1n) is 5.06. The van der Waals surface area contributed by atoms with Gasteiger partial charge in [0.15, 0.2) is 5.78 Å². The van der Waals surface area contributed by atoms with Gasteiger partial charge in [-0.1, -0.05) is 18.5 Å². The molecule has 1 atom stereocenters. The van der Waals surface area contributed by atoms with Crippen molar-refractivity contribution < 1.29 is 4.79 Å². The monoisotopic (exact) mass is 239 g/mol. The van der Waals surface area contributed by atoms with Gasteiger partial charge in [0.1, 0.15) is 5.69 Å². The van der Waals surface area contributed by atoms with Gasteiger partial charge in [0.2, 0.25) is 0 Å². The van der Waals surface area contributed by atoms with Crippen LogP contribution in [0.1, 0.15) is 30.3 Å². The van der Waals surface area contributed by atoms with Crippen LogP contribution < -0.4 is 5.73 Å². The van der Waals surface area contributed by atoms with E-state index in [0.717, 1.165) is 6.42 Å². The molecule has 1 aromatic heterocycles. The van der Waals surface area contributed by atoms with E-state index in [4.69, 9.17) is 23.8 Å². The quantitative estimate of drug-likeness (QED) is 0.625. The highest BCUT2D eigenvalue weighted by Gasteiger charge is 2.22. The van der Waals surface area contributed by atoms with E-state index in [9.17, 15) is 4.79 Å². The highest BCUT2D eigenvalue weighted by molar-refractivity contribution is 6.33. The Kier molecular flexibility index (Phi) is 4.53. The average Bonchev–Trinajstić information content (AvgIpc) is 2.60. The summed E-state index contributed by atoms with van der Waals surface area (Å²) in [5.41, 5.74) is 6.01. The maximum Gasteiger partial charge on any atom is 0.199 e. The summed E-state index contributed by atoms with van der Waals surface area (Å²) < 4.78 is 1.57. The molecule has 0 radical (unpaired) electrons. The number of nitrogens with two attached hydrogens (primary N) is 1. The van der Waals surface area contributed by atoms with Crippen molar-refractivity contribution in [3.8, 4) is 12.3 Å². The number of hydrogen-bond acceptors (Lipinski definition) is 3. The number of carbonyl (C=O) groups excluding carboxylic acids is 1. The Balaban J connectivity index is 2.98. The van der Waals surface area contributed by atoms with Crippen LogP contribution in [0.4, 0.5) is 0 Å². The third-order valence-electron chi connectivity index (χ3n) is 2.14. The van der Waals surface area contributed by atoms with Gasteiger partial charge in [-0.25, -0.2) is 0 Å². The number of terminal acetylenes is 1. The van der Waals surface area contributed by atoms with E-state index < -0.39 is 6.04 Å². The fourth-order valence-electron chi connectivity index (χ4n) is 1.38. The second-order valence-electron chi connectivity index (χ2n) is 3.44. The van der Waals surface area contributed by atoms with E-state index in [0.29, 0.717) is 17.3 Å². The van der Waals surface area contributed by atoms with Crippen molar-refractivity contribution in [3.63, 3.8) is 0 Å². The van der Waals surface area contributed by atoms with Crippen LogP contribution >= 0.6 is 11.6 Å². The summed E-state index contributed by atoms with van der Waals surface area (Å²) in [6.45, 7) is 2.63. The minimum atomic E-state index is -0.713. The molecule has 16 heavy (non-hydrogen) atoms. The fraction of sp³-hybridized carbons (Fsp3) is 0.455. The number of aromatic nitrogens is 2. The lowest BCUT2D eigenvalue weighted by atomic mass is 10.1. The summed E-state index contributed by atoms with van der Waals surface area (Å²) in [5.74, 6) is 2.11. The predicted molar refractivity (Wildman–Crippen MR) is 63.3 cm³/mol. The van der Waals surface area contributed by atoms with Gasteiger partial charge in [-0.05, 0) is 6.42 Å². The summed E-state index contributed by atoms with van der Waals surface area (Å²) >= 11 is 5.91. The molecule has 0 aromatic carbocycles. The second-order valence-corrected chi connectivity index (χ2v) is 3.85. The van der Waals surface area contributed by atoms with Gasteiger partial charge in [-0.2, -0.15) is 5.10 Å². The zero-order chi connectivity index (χ0) is 12.1. The number of aryl methyl sites for hydroxylation is 1. The van der Waals surface area contributed by atoms with Crippen LogP contribution in [-0.2, 0) is 6.54 Å². The van der Waals surface area contributed by atoms with Gasteiger partial charge < -0.3 is 5.73 Å². The SMILES string of the molecule is C#CCC(N)C(=O)c1c(Cl)cnn1CCC. The molecule has 1 rings (SSSR count). The summed E-state index contributed by atoms with van der Waals surface area (Å²) in [7, 11) is 0. The number of carbonyl (C=O) groups is 1. The molecule has 0 spiro atoms. The van der Waals surface area contributed by atoms with Crippen molar-refractivity contribution in [1.29, 1.82) is 0 Å². The van der Waals surface area contributed by atoms with Crippen LogP contribution in [-0.4, -0.2) is 21.6 Å². The van der Waals surface area contributed by atoms with Crippen LogP contribution in [0.5, 0.6) is 0 Å². The third kappa shape index (κ3) is 2.63. The molecule has 1 heterocycles. The van der Waals surface area contributed by atoms with E-state index >= 15 is 0 Å². The molecule has 0 saturated carbocycles. The number of halogens is 1. The van der Waals surface area contributed by atoms with Gasteiger partial charge in [0.05, 0.1) is 17.3 Å². The normalized spacial score (nSPS) is 12.1. The van der Waals surface area contributed by atoms with E-state index in [1.165, 1.54) is 6.20 Å². The first-order valence-corrected chi connectivity index (χ1v) is 5.44. The van der Waals surface area contributed by atoms with E-state index in [-0.39, 0.29) is 12.2 Å². The number of hydrogen-bond donors (Lipinski definition) is 1. The lowest BCUT2D eigenvalue weighted by Crippen LogP contribution is -2.32. The number of ketones is 1. The first-order chi connectivity index (χ1) is 7.61. The van der Waals surface area contributed by atoms with Crippen LogP contribution in [0, 0.1) is 12.3 Å². The van der Waals surface area contributed by atoms with Gasteiger partial charge in [-0.3, -0.25) is 9.48 Å². The van der Waals surface area contributed by atoms with E-state index in [2.05, 4.69) is 11.0 Å². The largest absolute Gasteiger partial charge is 0.320 e. The molecule has 1 unspecified atom stereocenters.